The number of carbonyl (C=O) groups is 1. The highest BCUT2D eigenvalue weighted by molar-refractivity contribution is 7.90. The number of methoxy groups -OCH3 is 2. The van der Waals surface area contributed by atoms with Crippen LogP contribution in [0.5, 0.6) is 11.5 Å². The summed E-state index contributed by atoms with van der Waals surface area (Å²) < 4.78 is 34.2. The second-order valence-corrected chi connectivity index (χ2v) is 7.65. The number of benzene rings is 2. The van der Waals surface area contributed by atoms with Crippen molar-refractivity contribution in [2.75, 3.05) is 20.5 Å². The number of ketones is 1. The molecule has 0 aliphatic carbocycles. The van der Waals surface area contributed by atoms with E-state index in [4.69, 9.17) is 21.1 Å². The number of carbonyl (C=O) groups excluding carboxylic acids is 1. The van der Waals surface area contributed by atoms with Crippen LogP contribution in [0.15, 0.2) is 47.4 Å². The van der Waals surface area contributed by atoms with Gasteiger partial charge in [0.05, 0.1) is 19.8 Å². The average molecular weight is 381 g/mol. The lowest BCUT2D eigenvalue weighted by Crippen LogP contribution is -2.06. The van der Waals surface area contributed by atoms with Gasteiger partial charge in [-0.15, -0.1) is 0 Å². The van der Waals surface area contributed by atoms with Gasteiger partial charge in [-0.1, -0.05) is 29.8 Å². The van der Waals surface area contributed by atoms with Crippen molar-refractivity contribution in [3.8, 4) is 11.5 Å². The predicted molar refractivity (Wildman–Crippen MR) is 97.5 cm³/mol. The van der Waals surface area contributed by atoms with Crippen LogP contribution in [0.2, 0.25) is 5.02 Å². The standard InChI is InChI=1S/C18H17ClO5S/c1-23-16-11-17(24-2)18(25(3,21)22)10-14(16)15(20)8-7-12-5-4-6-13(19)9-12/h4-11H,1-3H3/b8-7+. The Morgan fingerprint density at radius 3 is 2.32 bits per heavy atom. The van der Waals surface area contributed by atoms with Gasteiger partial charge in [-0.3, -0.25) is 4.79 Å². The molecule has 0 aliphatic heterocycles. The summed E-state index contributed by atoms with van der Waals surface area (Å²) >= 11 is 5.91. The zero-order valence-corrected chi connectivity index (χ0v) is 15.5. The Bertz CT molecular complexity index is 932. The van der Waals surface area contributed by atoms with Crippen LogP contribution in [0, 0.1) is 0 Å². The fraction of sp³-hybridized carbons (Fsp3) is 0.167. The lowest BCUT2D eigenvalue weighted by atomic mass is 10.1. The van der Waals surface area contributed by atoms with E-state index in [0.717, 1.165) is 11.8 Å². The van der Waals surface area contributed by atoms with Crippen LogP contribution in [0.4, 0.5) is 0 Å². The second-order valence-electron chi connectivity index (χ2n) is 5.23. The maximum atomic E-state index is 12.5. The minimum absolute atomic E-state index is 0.0738. The van der Waals surface area contributed by atoms with Crippen LogP contribution in [-0.4, -0.2) is 34.7 Å². The predicted octanol–water partition coefficient (Wildman–Crippen LogP) is 3.66. The first-order chi connectivity index (χ1) is 11.8. The van der Waals surface area contributed by atoms with Crippen LogP contribution in [0.3, 0.4) is 0 Å². The van der Waals surface area contributed by atoms with E-state index in [0.29, 0.717) is 5.02 Å². The lowest BCUT2D eigenvalue weighted by Gasteiger charge is -2.12. The van der Waals surface area contributed by atoms with Crippen molar-refractivity contribution in [1.82, 2.24) is 0 Å². The molecule has 25 heavy (non-hydrogen) atoms. The third-order valence-corrected chi connectivity index (χ3v) is 4.78. The normalized spacial score (nSPS) is 11.5. The maximum absolute atomic E-state index is 12.5. The first-order valence-electron chi connectivity index (χ1n) is 7.20. The topological polar surface area (TPSA) is 69.7 Å². The smallest absolute Gasteiger partial charge is 0.189 e. The van der Waals surface area contributed by atoms with Gasteiger partial charge >= 0.3 is 0 Å². The van der Waals surface area contributed by atoms with Crippen LogP contribution in [-0.2, 0) is 9.84 Å². The summed E-state index contributed by atoms with van der Waals surface area (Å²) in [6.07, 6.45) is 3.98. The summed E-state index contributed by atoms with van der Waals surface area (Å²) in [7, 11) is -0.827. The van der Waals surface area contributed by atoms with Crippen molar-refractivity contribution in [2.24, 2.45) is 0 Å². The summed E-state index contributed by atoms with van der Waals surface area (Å²) in [5.41, 5.74) is 0.874. The van der Waals surface area contributed by atoms with E-state index in [1.807, 2.05) is 0 Å². The number of hydrogen-bond acceptors (Lipinski definition) is 5. The number of sulfone groups is 1. The Morgan fingerprint density at radius 1 is 1.08 bits per heavy atom. The zero-order chi connectivity index (χ0) is 18.6. The van der Waals surface area contributed by atoms with Gasteiger partial charge in [0.1, 0.15) is 16.4 Å². The second kappa shape index (κ2) is 7.72. The van der Waals surface area contributed by atoms with E-state index in [1.54, 1.807) is 30.3 Å². The Labute approximate surface area is 151 Å². The Hall–Kier alpha value is -2.31. The number of allylic oxidation sites excluding steroid dienone is 1. The molecule has 0 spiro atoms. The van der Waals surface area contributed by atoms with Gasteiger partial charge in [-0.2, -0.15) is 0 Å². The molecule has 0 amide bonds. The van der Waals surface area contributed by atoms with Gasteiger partial charge < -0.3 is 9.47 Å². The Kier molecular flexibility index (Phi) is 5.87. The minimum atomic E-state index is -3.57. The third-order valence-electron chi connectivity index (χ3n) is 3.43. The first kappa shape index (κ1) is 19.0. The molecular formula is C18H17ClO5S. The molecule has 132 valence electrons. The molecule has 2 aromatic carbocycles. The summed E-state index contributed by atoms with van der Waals surface area (Å²) in [5, 5.41) is 0.552. The van der Waals surface area contributed by atoms with Gasteiger partial charge in [0, 0.05) is 17.3 Å². The highest BCUT2D eigenvalue weighted by Crippen LogP contribution is 2.32. The third kappa shape index (κ3) is 4.61. The first-order valence-corrected chi connectivity index (χ1v) is 9.47. The maximum Gasteiger partial charge on any atom is 0.189 e. The van der Waals surface area contributed by atoms with Crippen molar-refractivity contribution in [2.45, 2.75) is 4.90 Å². The minimum Gasteiger partial charge on any atom is -0.496 e. The van der Waals surface area contributed by atoms with E-state index in [9.17, 15) is 13.2 Å². The fourth-order valence-corrected chi connectivity index (χ4v) is 3.26. The van der Waals surface area contributed by atoms with Crippen LogP contribution >= 0.6 is 11.6 Å². The van der Waals surface area contributed by atoms with Gasteiger partial charge in [0.2, 0.25) is 0 Å². The molecule has 2 rings (SSSR count). The van der Waals surface area contributed by atoms with Crippen molar-refractivity contribution in [3.63, 3.8) is 0 Å². The molecule has 0 atom stereocenters. The molecule has 0 aromatic heterocycles. The van der Waals surface area contributed by atoms with Crippen molar-refractivity contribution >= 4 is 33.3 Å². The molecule has 0 saturated heterocycles. The van der Waals surface area contributed by atoms with Crippen molar-refractivity contribution in [3.05, 3.63) is 58.6 Å². The summed E-state index contributed by atoms with van der Waals surface area (Å²) in [4.78, 5) is 12.5. The van der Waals surface area contributed by atoms with Crippen molar-refractivity contribution in [1.29, 1.82) is 0 Å². The van der Waals surface area contributed by atoms with Gasteiger partial charge in [-0.25, -0.2) is 8.42 Å². The van der Waals surface area contributed by atoms with Gasteiger partial charge in [0.15, 0.2) is 15.6 Å². The highest BCUT2D eigenvalue weighted by Gasteiger charge is 2.21. The van der Waals surface area contributed by atoms with E-state index >= 15 is 0 Å². The van der Waals surface area contributed by atoms with Crippen LogP contribution in [0.1, 0.15) is 15.9 Å². The number of rotatable bonds is 6. The van der Waals surface area contributed by atoms with Gasteiger partial charge in [0.25, 0.3) is 0 Å². The zero-order valence-electron chi connectivity index (χ0n) is 13.9. The molecule has 0 aliphatic rings. The molecule has 0 N–H and O–H groups in total. The quantitative estimate of drug-likeness (QED) is 0.565. The van der Waals surface area contributed by atoms with E-state index in [2.05, 4.69) is 0 Å². The van der Waals surface area contributed by atoms with Crippen molar-refractivity contribution < 1.29 is 22.7 Å². The number of halogens is 1. The molecule has 0 heterocycles. The van der Waals surface area contributed by atoms with Crippen LogP contribution in [0.25, 0.3) is 6.08 Å². The molecule has 0 radical (unpaired) electrons. The summed E-state index contributed by atoms with van der Waals surface area (Å²) in [6.45, 7) is 0. The van der Waals surface area contributed by atoms with Crippen LogP contribution < -0.4 is 9.47 Å². The van der Waals surface area contributed by atoms with E-state index in [1.165, 1.54) is 32.4 Å². The largest absolute Gasteiger partial charge is 0.496 e. The Balaban J connectivity index is 2.48. The molecule has 7 heteroatoms. The Morgan fingerprint density at radius 2 is 1.76 bits per heavy atom. The molecule has 0 fully saturated rings. The number of hydrogen-bond donors (Lipinski definition) is 0. The molecule has 0 bridgehead atoms. The average Bonchev–Trinajstić information content (AvgIpc) is 2.57. The molecular weight excluding hydrogens is 364 g/mol. The number of ether oxygens (including phenoxy) is 2. The summed E-state index contributed by atoms with van der Waals surface area (Å²) in [6, 6.07) is 9.64. The fourth-order valence-electron chi connectivity index (χ4n) is 2.22. The van der Waals surface area contributed by atoms with E-state index < -0.39 is 15.6 Å². The summed E-state index contributed by atoms with van der Waals surface area (Å²) in [5.74, 6) is -0.0518. The van der Waals surface area contributed by atoms with E-state index in [-0.39, 0.29) is 22.0 Å². The molecule has 5 nitrogen and oxygen atoms in total. The SMILES string of the molecule is COc1cc(OC)c(S(C)(=O)=O)cc1C(=O)/C=C/c1cccc(Cl)c1. The molecule has 2 aromatic rings. The monoisotopic (exact) mass is 380 g/mol. The molecule has 0 saturated carbocycles. The van der Waals surface area contributed by atoms with Gasteiger partial charge in [-0.05, 0) is 29.8 Å². The molecule has 0 unspecified atom stereocenters. The highest BCUT2D eigenvalue weighted by atomic mass is 35.5. The lowest BCUT2D eigenvalue weighted by molar-refractivity contribution is 0.104.